The zero-order chi connectivity index (χ0) is 13.2. The molecule has 0 saturated carbocycles. The summed E-state index contributed by atoms with van der Waals surface area (Å²) in [4.78, 5) is 10.8. The van der Waals surface area contributed by atoms with Crippen LogP contribution in [-0.4, -0.2) is 26.1 Å². The molecule has 0 amide bonds. The number of benzene rings is 1. The Bertz CT molecular complexity index is 530. The number of rotatable bonds is 4. The first-order valence-electron chi connectivity index (χ1n) is 5.68. The van der Waals surface area contributed by atoms with E-state index in [4.69, 9.17) is 5.11 Å². The lowest BCUT2D eigenvalue weighted by molar-refractivity contribution is -0.138. The lowest BCUT2D eigenvalue weighted by Gasteiger charge is -2.23. The van der Waals surface area contributed by atoms with Crippen LogP contribution in [0.3, 0.4) is 0 Å². The van der Waals surface area contributed by atoms with E-state index >= 15 is 0 Å². The predicted molar refractivity (Wildman–Crippen MR) is 66.6 cm³/mol. The standard InChI is InChI=1S/C13H15N3O2/c1-13(2,9-12(17)18)10-3-5-11(6-4-10)16-8-7-14-15-16/h3-8H,9H2,1-2H3,(H,17,18). The minimum Gasteiger partial charge on any atom is -0.481 e. The van der Waals surface area contributed by atoms with Gasteiger partial charge in [-0.15, -0.1) is 5.10 Å². The third kappa shape index (κ3) is 2.56. The minimum absolute atomic E-state index is 0.107. The second kappa shape index (κ2) is 4.60. The SMILES string of the molecule is CC(C)(CC(=O)O)c1ccc(-n2ccnn2)cc1. The molecule has 0 radical (unpaired) electrons. The molecule has 2 aromatic rings. The highest BCUT2D eigenvalue weighted by atomic mass is 16.4. The summed E-state index contributed by atoms with van der Waals surface area (Å²) in [5.74, 6) is -0.791. The van der Waals surface area contributed by atoms with E-state index in [1.54, 1.807) is 17.1 Å². The molecule has 0 spiro atoms. The van der Waals surface area contributed by atoms with Gasteiger partial charge in [-0.1, -0.05) is 31.2 Å². The molecule has 0 aliphatic heterocycles. The lowest BCUT2D eigenvalue weighted by Crippen LogP contribution is -2.21. The largest absolute Gasteiger partial charge is 0.481 e. The van der Waals surface area contributed by atoms with Crippen molar-refractivity contribution in [2.24, 2.45) is 0 Å². The Balaban J connectivity index is 2.25. The number of hydrogen-bond acceptors (Lipinski definition) is 3. The van der Waals surface area contributed by atoms with E-state index in [9.17, 15) is 4.79 Å². The second-order valence-corrected chi connectivity index (χ2v) is 4.85. The number of hydrogen-bond donors (Lipinski definition) is 1. The highest BCUT2D eigenvalue weighted by Gasteiger charge is 2.23. The molecule has 1 aromatic carbocycles. The summed E-state index contributed by atoms with van der Waals surface area (Å²) >= 11 is 0. The quantitative estimate of drug-likeness (QED) is 0.894. The van der Waals surface area contributed by atoms with Crippen molar-refractivity contribution in [1.29, 1.82) is 0 Å². The summed E-state index contributed by atoms with van der Waals surface area (Å²) in [6.07, 6.45) is 3.48. The van der Waals surface area contributed by atoms with Crippen LogP contribution < -0.4 is 0 Å². The molecular formula is C13H15N3O2. The average Bonchev–Trinajstić information content (AvgIpc) is 2.81. The number of carboxylic acid groups (broad SMARTS) is 1. The summed E-state index contributed by atoms with van der Waals surface area (Å²) in [5.41, 5.74) is 1.52. The van der Waals surface area contributed by atoms with Crippen LogP contribution in [0.15, 0.2) is 36.7 Å². The Kier molecular flexibility index (Phi) is 3.14. The molecule has 0 saturated heterocycles. The number of carboxylic acids is 1. The smallest absolute Gasteiger partial charge is 0.304 e. The fourth-order valence-electron chi connectivity index (χ4n) is 1.89. The monoisotopic (exact) mass is 245 g/mol. The van der Waals surface area contributed by atoms with Crippen LogP contribution in [0.5, 0.6) is 0 Å². The maximum atomic E-state index is 10.8. The highest BCUT2D eigenvalue weighted by molar-refractivity contribution is 5.68. The molecule has 94 valence electrons. The van der Waals surface area contributed by atoms with Crippen molar-refractivity contribution in [2.45, 2.75) is 25.7 Å². The molecule has 0 unspecified atom stereocenters. The van der Waals surface area contributed by atoms with Crippen LogP contribution in [0, 0.1) is 0 Å². The Morgan fingerprint density at radius 1 is 1.33 bits per heavy atom. The zero-order valence-electron chi connectivity index (χ0n) is 10.4. The molecule has 0 aliphatic carbocycles. The van der Waals surface area contributed by atoms with Gasteiger partial charge in [0.05, 0.1) is 24.5 Å². The molecule has 1 heterocycles. The molecular weight excluding hydrogens is 230 g/mol. The first-order valence-corrected chi connectivity index (χ1v) is 5.68. The Labute approximate surface area is 105 Å². The van der Waals surface area contributed by atoms with Gasteiger partial charge in [-0.3, -0.25) is 4.79 Å². The van der Waals surface area contributed by atoms with E-state index in [1.165, 1.54) is 0 Å². The van der Waals surface area contributed by atoms with Crippen molar-refractivity contribution >= 4 is 5.97 Å². The van der Waals surface area contributed by atoms with Crippen molar-refractivity contribution < 1.29 is 9.90 Å². The van der Waals surface area contributed by atoms with Gasteiger partial charge < -0.3 is 5.11 Å². The first kappa shape index (κ1) is 12.3. The van der Waals surface area contributed by atoms with E-state index in [0.29, 0.717) is 0 Å². The molecule has 5 heteroatoms. The molecule has 5 nitrogen and oxygen atoms in total. The third-order valence-electron chi connectivity index (χ3n) is 2.93. The van der Waals surface area contributed by atoms with E-state index in [2.05, 4.69) is 10.3 Å². The topological polar surface area (TPSA) is 68.0 Å². The molecule has 0 fully saturated rings. The van der Waals surface area contributed by atoms with Gasteiger partial charge in [0.15, 0.2) is 0 Å². The number of carbonyl (C=O) groups is 1. The fraction of sp³-hybridized carbons (Fsp3) is 0.308. The molecule has 1 N–H and O–H groups in total. The molecule has 2 rings (SSSR count). The van der Waals surface area contributed by atoms with E-state index in [-0.39, 0.29) is 11.8 Å². The van der Waals surface area contributed by atoms with Crippen LogP contribution in [-0.2, 0) is 10.2 Å². The summed E-state index contributed by atoms with van der Waals surface area (Å²) in [6, 6.07) is 7.68. The van der Waals surface area contributed by atoms with Crippen molar-refractivity contribution in [1.82, 2.24) is 15.0 Å². The Hall–Kier alpha value is -2.17. The van der Waals surface area contributed by atoms with Gasteiger partial charge in [-0.25, -0.2) is 4.68 Å². The summed E-state index contributed by atoms with van der Waals surface area (Å²) < 4.78 is 1.66. The van der Waals surface area contributed by atoms with Crippen LogP contribution in [0.4, 0.5) is 0 Å². The number of aliphatic carboxylic acids is 1. The third-order valence-corrected chi connectivity index (χ3v) is 2.93. The van der Waals surface area contributed by atoms with Crippen LogP contribution in [0.2, 0.25) is 0 Å². The number of nitrogens with zero attached hydrogens (tertiary/aromatic N) is 3. The van der Waals surface area contributed by atoms with Crippen molar-refractivity contribution in [3.63, 3.8) is 0 Å². The summed E-state index contributed by atoms with van der Waals surface area (Å²) in [5, 5.41) is 16.5. The molecule has 18 heavy (non-hydrogen) atoms. The van der Waals surface area contributed by atoms with Crippen molar-refractivity contribution in [3.05, 3.63) is 42.2 Å². The molecule has 1 aromatic heterocycles. The van der Waals surface area contributed by atoms with E-state index in [1.807, 2.05) is 38.1 Å². The van der Waals surface area contributed by atoms with E-state index in [0.717, 1.165) is 11.3 Å². The van der Waals surface area contributed by atoms with Crippen LogP contribution in [0.25, 0.3) is 5.69 Å². The normalized spacial score (nSPS) is 11.4. The fourth-order valence-corrected chi connectivity index (χ4v) is 1.89. The highest BCUT2D eigenvalue weighted by Crippen LogP contribution is 2.27. The van der Waals surface area contributed by atoms with Gasteiger partial charge in [0.25, 0.3) is 0 Å². The van der Waals surface area contributed by atoms with Gasteiger partial charge in [0.1, 0.15) is 0 Å². The summed E-state index contributed by atoms with van der Waals surface area (Å²) in [7, 11) is 0. The molecule has 0 atom stereocenters. The van der Waals surface area contributed by atoms with E-state index < -0.39 is 5.97 Å². The Morgan fingerprint density at radius 2 is 2.00 bits per heavy atom. The number of aromatic nitrogens is 3. The van der Waals surface area contributed by atoms with Gasteiger partial charge in [0.2, 0.25) is 0 Å². The summed E-state index contributed by atoms with van der Waals surface area (Å²) in [6.45, 7) is 3.84. The van der Waals surface area contributed by atoms with Crippen LogP contribution >= 0.6 is 0 Å². The van der Waals surface area contributed by atoms with Gasteiger partial charge in [-0.2, -0.15) is 0 Å². The average molecular weight is 245 g/mol. The van der Waals surface area contributed by atoms with Gasteiger partial charge >= 0.3 is 5.97 Å². The Morgan fingerprint density at radius 3 is 2.50 bits per heavy atom. The predicted octanol–water partition coefficient (Wildman–Crippen LogP) is 2.02. The second-order valence-electron chi connectivity index (χ2n) is 4.85. The van der Waals surface area contributed by atoms with Gasteiger partial charge in [-0.05, 0) is 17.7 Å². The van der Waals surface area contributed by atoms with Crippen molar-refractivity contribution in [3.8, 4) is 5.69 Å². The molecule has 0 bridgehead atoms. The lowest BCUT2D eigenvalue weighted by atomic mass is 9.81. The maximum absolute atomic E-state index is 10.8. The molecule has 0 aliphatic rings. The van der Waals surface area contributed by atoms with Gasteiger partial charge in [0, 0.05) is 5.41 Å². The van der Waals surface area contributed by atoms with Crippen LogP contribution in [0.1, 0.15) is 25.8 Å². The zero-order valence-corrected chi connectivity index (χ0v) is 10.4. The first-order chi connectivity index (χ1) is 8.49. The minimum atomic E-state index is -0.791. The van der Waals surface area contributed by atoms with Crippen molar-refractivity contribution in [2.75, 3.05) is 0 Å². The maximum Gasteiger partial charge on any atom is 0.304 e.